The fourth-order valence-corrected chi connectivity index (χ4v) is 6.58. The molecule has 0 spiro atoms. The van der Waals surface area contributed by atoms with Crippen LogP contribution >= 0.6 is 23.1 Å². The summed E-state index contributed by atoms with van der Waals surface area (Å²) in [5.74, 6) is 0. The van der Waals surface area contributed by atoms with Crippen molar-refractivity contribution in [1.82, 2.24) is 9.47 Å². The van der Waals surface area contributed by atoms with E-state index in [0.717, 1.165) is 11.2 Å². The number of rotatable bonds is 5. The van der Waals surface area contributed by atoms with Crippen LogP contribution < -0.4 is 9.70 Å². The van der Waals surface area contributed by atoms with Crippen molar-refractivity contribution in [3.63, 3.8) is 0 Å². The zero-order valence-corrected chi connectivity index (χ0v) is 20.0. The molecule has 32 heavy (non-hydrogen) atoms. The van der Waals surface area contributed by atoms with Crippen LogP contribution in [0.4, 0.5) is 5.69 Å². The fourth-order valence-electron chi connectivity index (χ4n) is 3.27. The van der Waals surface area contributed by atoms with Gasteiger partial charge in [-0.05, 0) is 44.2 Å². The maximum Gasteiger partial charge on any atom is 0.342 e. The normalized spacial score (nSPS) is 16.9. The Hall–Kier alpha value is -2.07. The summed E-state index contributed by atoms with van der Waals surface area (Å²) in [6, 6.07) is 8.31. The van der Waals surface area contributed by atoms with Crippen molar-refractivity contribution in [3.8, 4) is 0 Å². The highest BCUT2D eigenvalue weighted by Gasteiger charge is 2.38. The minimum absolute atomic E-state index is 0.310. The maximum atomic E-state index is 11.3. The molecule has 1 aliphatic rings. The van der Waals surface area contributed by atoms with Crippen molar-refractivity contribution in [2.24, 2.45) is 10.2 Å². The first-order valence-electron chi connectivity index (χ1n) is 9.29. The average Bonchev–Trinajstić information content (AvgIpc) is 3.26. The smallest absolute Gasteiger partial charge is 0.342 e. The lowest BCUT2D eigenvalue weighted by atomic mass is 10.3. The Kier molecular flexibility index (Phi) is 6.04. The van der Waals surface area contributed by atoms with Gasteiger partial charge in [0.15, 0.2) is 0 Å². The van der Waals surface area contributed by atoms with Gasteiger partial charge in [0.25, 0.3) is 0 Å². The largest absolute Gasteiger partial charge is 0.744 e. The van der Waals surface area contributed by atoms with Crippen LogP contribution in [0.3, 0.4) is 0 Å². The Balaban J connectivity index is 1.79. The number of hydrogen-bond donors (Lipinski definition) is 0. The van der Waals surface area contributed by atoms with Crippen LogP contribution in [-0.4, -0.2) is 42.2 Å². The fraction of sp³-hybridized carbons (Fsp3) is 0.222. The summed E-state index contributed by atoms with van der Waals surface area (Å²) in [6.45, 7) is 4.89. The molecule has 0 N–H and O–H groups in total. The van der Waals surface area contributed by atoms with E-state index in [1.54, 1.807) is 12.1 Å². The molecule has 4 rings (SSSR count). The molecule has 0 bridgehead atoms. The topological polar surface area (TPSA) is 150 Å². The lowest BCUT2D eigenvalue weighted by Gasteiger charge is -2.07. The van der Waals surface area contributed by atoms with Gasteiger partial charge in [-0.15, -0.1) is 5.10 Å². The lowest BCUT2D eigenvalue weighted by molar-refractivity contribution is 0.461. The van der Waals surface area contributed by atoms with Crippen LogP contribution in [0.2, 0.25) is 0 Å². The molecule has 0 saturated carbocycles. The predicted octanol–water partition coefficient (Wildman–Crippen LogP) is 2.30. The van der Waals surface area contributed by atoms with E-state index in [1.165, 1.54) is 47.4 Å². The van der Waals surface area contributed by atoms with Gasteiger partial charge in [0, 0.05) is 24.4 Å². The van der Waals surface area contributed by atoms with E-state index < -0.39 is 20.2 Å². The van der Waals surface area contributed by atoms with Crippen molar-refractivity contribution >= 4 is 64.4 Å². The molecular formula is C18H16N4O6S4-. The van der Waals surface area contributed by atoms with Gasteiger partial charge in [-0.2, -0.15) is 0 Å². The number of hydrogen-bond acceptors (Lipinski definition) is 10. The van der Waals surface area contributed by atoms with Gasteiger partial charge < -0.3 is 13.7 Å². The Bertz CT molecular complexity index is 1540. The molecule has 1 aromatic heterocycles. The van der Waals surface area contributed by atoms with Crippen LogP contribution in [0.5, 0.6) is 0 Å². The van der Waals surface area contributed by atoms with E-state index in [4.69, 9.17) is 0 Å². The molecule has 0 amide bonds. The third-order valence-electron chi connectivity index (χ3n) is 4.74. The zero-order chi connectivity index (χ0) is 23.3. The van der Waals surface area contributed by atoms with E-state index in [1.807, 2.05) is 23.3 Å². The zero-order valence-electron chi connectivity index (χ0n) is 16.7. The number of thiazole rings is 1. The van der Waals surface area contributed by atoms with Crippen LogP contribution in [-0.2, 0) is 26.8 Å². The molecule has 0 aliphatic carbocycles. The second-order valence-corrected chi connectivity index (χ2v) is 11.4. The molecule has 2 aromatic carbocycles. The summed E-state index contributed by atoms with van der Waals surface area (Å²) in [7, 11) is -9.14. The first-order chi connectivity index (χ1) is 15.0. The Morgan fingerprint density at radius 1 is 0.969 bits per heavy atom. The van der Waals surface area contributed by atoms with Crippen LogP contribution in [0, 0.1) is 0 Å². The monoisotopic (exact) mass is 512 g/mol. The Morgan fingerprint density at radius 2 is 1.62 bits per heavy atom. The standard InChI is InChI=1S/C18H18N4O6S4/c1-3-21-13-7-5-11(31(23,24)25)9-15(13)29-17(21)19-20-18-22(4-2)14-8-6-12(32(26,27)28)10-16(14)30-18/h5-10H,3-4H2,1-2H3,(H,23,24,25)(H,26,27,28)/q+1/p-2/b19-17-,20-18+. The molecular weight excluding hydrogens is 496 g/mol. The second kappa shape index (κ2) is 8.37. The third kappa shape index (κ3) is 4.26. The molecule has 0 fully saturated rings. The number of anilines is 1. The van der Waals surface area contributed by atoms with Crippen LogP contribution in [0.1, 0.15) is 13.8 Å². The van der Waals surface area contributed by atoms with Crippen LogP contribution in [0.25, 0.3) is 10.2 Å². The summed E-state index contributed by atoms with van der Waals surface area (Å²) >= 11 is 2.40. The molecule has 10 nitrogen and oxygen atoms in total. The molecule has 0 atom stereocenters. The summed E-state index contributed by atoms with van der Waals surface area (Å²) in [5.41, 5.74) is 1.45. The molecule has 1 radical (unpaired) electrons. The number of aromatic nitrogens is 1. The van der Waals surface area contributed by atoms with Gasteiger partial charge in [0.05, 0.1) is 24.9 Å². The number of benzene rings is 2. The number of fused-ring (bicyclic) bond motifs is 2. The third-order valence-corrected chi connectivity index (χ3v) is 8.46. The summed E-state index contributed by atoms with van der Waals surface area (Å²) < 4.78 is 70.4. The van der Waals surface area contributed by atoms with E-state index in [2.05, 4.69) is 10.2 Å². The van der Waals surface area contributed by atoms with Gasteiger partial charge in [-0.3, -0.25) is 0 Å². The van der Waals surface area contributed by atoms with Gasteiger partial charge in [-0.1, -0.05) is 21.3 Å². The van der Waals surface area contributed by atoms with Gasteiger partial charge >= 0.3 is 5.17 Å². The van der Waals surface area contributed by atoms with Crippen molar-refractivity contribution in [2.75, 3.05) is 6.54 Å². The highest BCUT2D eigenvalue weighted by molar-refractivity contribution is 8.14. The maximum absolute atomic E-state index is 11.3. The Labute approximate surface area is 192 Å². The summed E-state index contributed by atoms with van der Waals surface area (Å²) in [4.78, 5) is 2.32. The van der Waals surface area contributed by atoms with Crippen molar-refractivity contribution < 1.29 is 25.9 Å². The van der Waals surface area contributed by atoms with Gasteiger partial charge in [0.1, 0.15) is 26.8 Å². The van der Waals surface area contributed by atoms with Crippen molar-refractivity contribution in [1.29, 1.82) is 0 Å². The minimum Gasteiger partial charge on any atom is -0.744 e. The molecule has 2 heterocycles. The van der Waals surface area contributed by atoms with E-state index in [0.29, 0.717) is 32.7 Å². The number of aryl methyl sites for hydroxylation is 1. The number of amidine groups is 1. The molecule has 1 aliphatic heterocycles. The van der Waals surface area contributed by atoms with Crippen molar-refractivity contribution in [2.45, 2.75) is 35.1 Å². The summed E-state index contributed by atoms with van der Waals surface area (Å²) in [5, 5.41) is 9.19. The highest BCUT2D eigenvalue weighted by Crippen LogP contribution is 2.41. The molecule has 169 valence electrons. The summed E-state index contributed by atoms with van der Waals surface area (Å²) in [6.07, 6.45) is 0. The molecule has 0 saturated heterocycles. The average molecular weight is 513 g/mol. The van der Waals surface area contributed by atoms with Gasteiger partial charge in [-0.25, -0.2) is 16.8 Å². The van der Waals surface area contributed by atoms with Crippen LogP contribution in [0.15, 0.2) is 61.3 Å². The Morgan fingerprint density at radius 3 is 2.25 bits per heavy atom. The molecule has 3 aromatic rings. The second-order valence-electron chi connectivity index (χ2n) is 6.63. The van der Waals surface area contributed by atoms with Crippen molar-refractivity contribution in [3.05, 3.63) is 41.2 Å². The van der Waals surface area contributed by atoms with E-state index in [-0.39, 0.29) is 9.79 Å². The predicted molar refractivity (Wildman–Crippen MR) is 119 cm³/mol. The minimum atomic E-state index is -4.57. The first kappa shape index (κ1) is 23.1. The first-order valence-corrected chi connectivity index (χ1v) is 13.7. The van der Waals surface area contributed by atoms with E-state index >= 15 is 0 Å². The SMILES string of the molecule is CCn1/c(=N/N=C2/Sc3cc(S(=O)(=O)[O-])ccc3[N+]2CC)sc2cc(S(=O)(=O)[O-])ccc21. The quantitative estimate of drug-likeness (QED) is 0.289. The number of thioether (sulfide) groups is 1. The lowest BCUT2D eigenvalue weighted by Crippen LogP contribution is -2.25. The molecule has 14 heteroatoms. The van der Waals surface area contributed by atoms with E-state index in [9.17, 15) is 25.9 Å². The highest BCUT2D eigenvalue weighted by atomic mass is 32.2. The van der Waals surface area contributed by atoms with Gasteiger partial charge in [0.2, 0.25) is 10.5 Å². The number of nitrogens with zero attached hydrogens (tertiary/aromatic N) is 4. The molecule has 0 unspecified atom stereocenters.